The highest BCUT2D eigenvalue weighted by atomic mass is 16.7. The van der Waals surface area contributed by atoms with Crippen molar-refractivity contribution in [2.45, 2.75) is 12.5 Å². The van der Waals surface area contributed by atoms with Crippen molar-refractivity contribution in [1.82, 2.24) is 0 Å². The maximum atomic E-state index is 11.1. The summed E-state index contributed by atoms with van der Waals surface area (Å²) in [6.07, 6.45) is 0.390. The topological polar surface area (TPSA) is 80.0 Å². The van der Waals surface area contributed by atoms with Crippen LogP contribution in [0.15, 0.2) is 18.2 Å². The molecule has 1 aliphatic heterocycles. The fraction of sp³-hybridized carbons (Fsp3) is 0.417. The lowest BCUT2D eigenvalue weighted by molar-refractivity contribution is -0.142. The largest absolute Gasteiger partial charge is 0.493 e. The van der Waals surface area contributed by atoms with Gasteiger partial charge in [0.15, 0.2) is 11.5 Å². The number of fused-ring (bicyclic) bond motifs is 1. The molecule has 6 nitrogen and oxygen atoms in total. The zero-order chi connectivity index (χ0) is 13.0. The molecule has 0 aromatic heterocycles. The second-order valence-corrected chi connectivity index (χ2v) is 3.78. The maximum absolute atomic E-state index is 11.1. The Morgan fingerprint density at radius 3 is 3.00 bits per heavy atom. The average Bonchev–Trinajstić information content (AvgIpc) is 2.85. The molecule has 18 heavy (non-hydrogen) atoms. The van der Waals surface area contributed by atoms with E-state index in [2.05, 4.69) is 4.74 Å². The fourth-order valence-corrected chi connectivity index (χ4v) is 1.54. The average molecular weight is 253 g/mol. The molecule has 0 aliphatic carbocycles. The monoisotopic (exact) mass is 253 g/mol. The maximum Gasteiger partial charge on any atom is 0.322 e. The van der Waals surface area contributed by atoms with Crippen molar-refractivity contribution in [2.24, 2.45) is 5.73 Å². The standard InChI is InChI=1S/C12H15NO5/c1-15-12(14)9(13)4-5-16-8-2-3-10-11(6-8)18-7-17-10/h2-3,6,9H,4-5,7,13H2,1H3. The van der Waals surface area contributed by atoms with Gasteiger partial charge in [0.1, 0.15) is 11.8 Å². The highest BCUT2D eigenvalue weighted by molar-refractivity contribution is 5.75. The van der Waals surface area contributed by atoms with Crippen molar-refractivity contribution in [3.05, 3.63) is 18.2 Å². The second-order valence-electron chi connectivity index (χ2n) is 3.78. The third-order valence-electron chi connectivity index (χ3n) is 2.55. The van der Waals surface area contributed by atoms with Crippen molar-refractivity contribution >= 4 is 5.97 Å². The van der Waals surface area contributed by atoms with Crippen molar-refractivity contribution in [2.75, 3.05) is 20.5 Å². The van der Waals surface area contributed by atoms with E-state index in [1.54, 1.807) is 18.2 Å². The van der Waals surface area contributed by atoms with Gasteiger partial charge in [-0.2, -0.15) is 0 Å². The van der Waals surface area contributed by atoms with Crippen LogP contribution in [0.25, 0.3) is 0 Å². The molecule has 1 unspecified atom stereocenters. The van der Waals surface area contributed by atoms with E-state index in [1.165, 1.54) is 7.11 Å². The van der Waals surface area contributed by atoms with Gasteiger partial charge < -0.3 is 24.7 Å². The van der Waals surface area contributed by atoms with E-state index in [0.29, 0.717) is 30.3 Å². The number of hydrogen-bond acceptors (Lipinski definition) is 6. The van der Waals surface area contributed by atoms with E-state index in [1.807, 2.05) is 0 Å². The first-order valence-electron chi connectivity index (χ1n) is 5.56. The Morgan fingerprint density at radius 2 is 2.22 bits per heavy atom. The van der Waals surface area contributed by atoms with E-state index in [0.717, 1.165) is 0 Å². The molecule has 0 radical (unpaired) electrons. The van der Waals surface area contributed by atoms with Gasteiger partial charge in [0.2, 0.25) is 6.79 Å². The molecule has 0 amide bonds. The number of carbonyl (C=O) groups is 1. The first-order valence-corrected chi connectivity index (χ1v) is 5.56. The molecule has 0 spiro atoms. The molecule has 6 heteroatoms. The van der Waals surface area contributed by atoms with E-state index in [9.17, 15) is 4.79 Å². The summed E-state index contributed by atoms with van der Waals surface area (Å²) in [5.41, 5.74) is 5.58. The summed E-state index contributed by atoms with van der Waals surface area (Å²) in [5, 5.41) is 0. The number of hydrogen-bond donors (Lipinski definition) is 1. The Hall–Kier alpha value is -1.95. The minimum absolute atomic E-state index is 0.228. The molecule has 1 aromatic carbocycles. The molecule has 1 aromatic rings. The van der Waals surface area contributed by atoms with Crippen LogP contribution >= 0.6 is 0 Å². The van der Waals surface area contributed by atoms with Crippen molar-refractivity contribution in [1.29, 1.82) is 0 Å². The molecule has 0 saturated heterocycles. The summed E-state index contributed by atoms with van der Waals surface area (Å²) >= 11 is 0. The quantitative estimate of drug-likeness (QED) is 0.777. The molecule has 0 saturated carbocycles. The van der Waals surface area contributed by atoms with Crippen LogP contribution in [-0.4, -0.2) is 32.5 Å². The van der Waals surface area contributed by atoms with Gasteiger partial charge >= 0.3 is 5.97 Å². The Morgan fingerprint density at radius 1 is 1.44 bits per heavy atom. The number of nitrogens with two attached hydrogens (primary N) is 1. The van der Waals surface area contributed by atoms with Crippen LogP contribution in [0.4, 0.5) is 0 Å². The van der Waals surface area contributed by atoms with Gasteiger partial charge in [0.25, 0.3) is 0 Å². The fourth-order valence-electron chi connectivity index (χ4n) is 1.54. The summed E-state index contributed by atoms with van der Waals surface area (Å²) in [7, 11) is 1.31. The third-order valence-corrected chi connectivity index (χ3v) is 2.55. The summed E-state index contributed by atoms with van der Waals surface area (Å²) in [6, 6.07) is 4.63. The molecular formula is C12H15NO5. The van der Waals surface area contributed by atoms with Gasteiger partial charge in [-0.15, -0.1) is 0 Å². The summed E-state index contributed by atoms with van der Waals surface area (Å²) in [4.78, 5) is 11.1. The number of ether oxygens (including phenoxy) is 4. The van der Waals surface area contributed by atoms with E-state index in [4.69, 9.17) is 19.9 Å². The van der Waals surface area contributed by atoms with Crippen LogP contribution in [0.5, 0.6) is 17.2 Å². The zero-order valence-electron chi connectivity index (χ0n) is 10.0. The van der Waals surface area contributed by atoms with Crippen LogP contribution < -0.4 is 19.9 Å². The Balaban J connectivity index is 1.82. The second kappa shape index (κ2) is 5.59. The van der Waals surface area contributed by atoms with Crippen molar-refractivity contribution < 1.29 is 23.7 Å². The molecular weight excluding hydrogens is 238 g/mol. The van der Waals surface area contributed by atoms with Gasteiger partial charge in [0, 0.05) is 12.5 Å². The minimum Gasteiger partial charge on any atom is -0.493 e. The van der Waals surface area contributed by atoms with Crippen LogP contribution in [0.3, 0.4) is 0 Å². The molecule has 98 valence electrons. The van der Waals surface area contributed by atoms with Gasteiger partial charge in [-0.1, -0.05) is 0 Å². The molecule has 2 rings (SSSR count). The first-order chi connectivity index (χ1) is 8.70. The van der Waals surface area contributed by atoms with Crippen molar-refractivity contribution in [3.63, 3.8) is 0 Å². The molecule has 0 bridgehead atoms. The molecule has 1 aliphatic rings. The molecule has 2 N–H and O–H groups in total. The number of benzene rings is 1. The zero-order valence-corrected chi connectivity index (χ0v) is 10.0. The highest BCUT2D eigenvalue weighted by Gasteiger charge is 2.15. The molecule has 1 atom stereocenters. The van der Waals surface area contributed by atoms with Gasteiger partial charge in [-0.3, -0.25) is 4.79 Å². The van der Waals surface area contributed by atoms with Gasteiger partial charge in [-0.25, -0.2) is 0 Å². The highest BCUT2D eigenvalue weighted by Crippen LogP contribution is 2.35. The smallest absolute Gasteiger partial charge is 0.322 e. The minimum atomic E-state index is -0.663. The van der Waals surface area contributed by atoms with E-state index < -0.39 is 12.0 Å². The lowest BCUT2D eigenvalue weighted by Crippen LogP contribution is -2.33. The molecule has 0 fully saturated rings. The van der Waals surface area contributed by atoms with Crippen LogP contribution in [0.1, 0.15) is 6.42 Å². The SMILES string of the molecule is COC(=O)C(N)CCOc1ccc2c(c1)OCO2. The van der Waals surface area contributed by atoms with Crippen LogP contribution in [0.2, 0.25) is 0 Å². The lowest BCUT2D eigenvalue weighted by Gasteiger charge is -2.10. The summed E-state index contributed by atoms with van der Waals surface area (Å²) in [5.74, 6) is 1.57. The number of rotatable bonds is 5. The van der Waals surface area contributed by atoms with E-state index >= 15 is 0 Å². The summed E-state index contributed by atoms with van der Waals surface area (Å²) < 4.78 is 20.4. The van der Waals surface area contributed by atoms with Gasteiger partial charge in [0.05, 0.1) is 13.7 Å². The number of esters is 1. The predicted molar refractivity (Wildman–Crippen MR) is 62.7 cm³/mol. The van der Waals surface area contributed by atoms with Crippen LogP contribution in [-0.2, 0) is 9.53 Å². The van der Waals surface area contributed by atoms with Gasteiger partial charge in [-0.05, 0) is 12.1 Å². The van der Waals surface area contributed by atoms with E-state index in [-0.39, 0.29) is 6.79 Å². The lowest BCUT2D eigenvalue weighted by atomic mass is 10.2. The number of methoxy groups -OCH3 is 1. The summed E-state index contributed by atoms with van der Waals surface area (Å²) in [6.45, 7) is 0.557. The Bertz CT molecular complexity index is 434. The predicted octanol–water partition coefficient (Wildman–Crippen LogP) is 0.684. The number of carbonyl (C=O) groups excluding carboxylic acids is 1. The normalized spacial score (nSPS) is 14.1. The van der Waals surface area contributed by atoms with Crippen molar-refractivity contribution in [3.8, 4) is 17.2 Å². The Kier molecular flexibility index (Phi) is 3.88. The Labute approximate surface area is 105 Å². The first kappa shape index (κ1) is 12.5. The third kappa shape index (κ3) is 2.84. The molecule has 1 heterocycles. The van der Waals surface area contributed by atoms with Crippen LogP contribution in [0, 0.1) is 0 Å².